The van der Waals surface area contributed by atoms with Crippen molar-refractivity contribution >= 4 is 17.7 Å². The number of nitrogens with zero attached hydrogens (tertiary/aromatic N) is 1. The molecule has 1 aliphatic rings. The van der Waals surface area contributed by atoms with Crippen LogP contribution in [-0.4, -0.2) is 22.6 Å². The summed E-state index contributed by atoms with van der Waals surface area (Å²) >= 11 is 0. The van der Waals surface area contributed by atoms with E-state index in [1.807, 2.05) is 38.1 Å². The highest BCUT2D eigenvalue weighted by Crippen LogP contribution is 2.19. The summed E-state index contributed by atoms with van der Waals surface area (Å²) in [7, 11) is 0. The molecule has 2 aromatic carbocycles. The molecular weight excluding hydrogens is 340 g/mol. The van der Waals surface area contributed by atoms with E-state index in [0.29, 0.717) is 5.56 Å². The Morgan fingerprint density at radius 3 is 2.15 bits per heavy atom. The molecule has 140 valence electrons. The van der Waals surface area contributed by atoms with Crippen LogP contribution < -0.4 is 5.32 Å². The van der Waals surface area contributed by atoms with Crippen molar-refractivity contribution in [2.45, 2.75) is 45.7 Å². The average molecular weight is 364 g/mol. The van der Waals surface area contributed by atoms with Gasteiger partial charge in [0, 0.05) is 18.4 Å². The van der Waals surface area contributed by atoms with Crippen LogP contribution in [0.15, 0.2) is 48.5 Å². The quantitative estimate of drug-likeness (QED) is 0.798. The summed E-state index contributed by atoms with van der Waals surface area (Å²) < 4.78 is 0. The zero-order valence-electron chi connectivity index (χ0n) is 15.7. The summed E-state index contributed by atoms with van der Waals surface area (Å²) in [6.07, 6.45) is 1.37. The van der Waals surface area contributed by atoms with Crippen molar-refractivity contribution in [1.29, 1.82) is 0 Å². The Kier molecular flexibility index (Phi) is 5.69. The van der Waals surface area contributed by atoms with E-state index in [2.05, 4.69) is 5.32 Å². The molecule has 5 nitrogen and oxygen atoms in total. The molecule has 0 aliphatic carbocycles. The molecule has 1 N–H and O–H groups in total. The van der Waals surface area contributed by atoms with E-state index >= 15 is 0 Å². The fourth-order valence-electron chi connectivity index (χ4n) is 3.20. The van der Waals surface area contributed by atoms with E-state index in [9.17, 15) is 14.4 Å². The number of rotatable bonds is 6. The first kappa shape index (κ1) is 18.8. The van der Waals surface area contributed by atoms with E-state index in [-0.39, 0.29) is 43.1 Å². The van der Waals surface area contributed by atoms with Crippen LogP contribution in [0, 0.1) is 6.92 Å². The number of carbonyl (C=O) groups is 3. The van der Waals surface area contributed by atoms with E-state index in [4.69, 9.17) is 0 Å². The van der Waals surface area contributed by atoms with Crippen LogP contribution in [0.2, 0.25) is 0 Å². The Balaban J connectivity index is 1.65. The van der Waals surface area contributed by atoms with Gasteiger partial charge in [0.2, 0.25) is 11.8 Å². The fraction of sp³-hybridized carbons (Fsp3) is 0.318. The van der Waals surface area contributed by atoms with Gasteiger partial charge >= 0.3 is 0 Å². The Labute approximate surface area is 159 Å². The molecule has 27 heavy (non-hydrogen) atoms. The molecule has 3 rings (SSSR count). The van der Waals surface area contributed by atoms with Gasteiger partial charge in [0.05, 0.1) is 12.6 Å². The minimum Gasteiger partial charge on any atom is -0.345 e. The number of hydrogen-bond donors (Lipinski definition) is 1. The van der Waals surface area contributed by atoms with Gasteiger partial charge in [0.15, 0.2) is 0 Å². The lowest BCUT2D eigenvalue weighted by Crippen LogP contribution is -2.29. The van der Waals surface area contributed by atoms with Crippen molar-refractivity contribution in [2.24, 2.45) is 0 Å². The molecule has 1 heterocycles. The highest BCUT2D eigenvalue weighted by Gasteiger charge is 2.28. The summed E-state index contributed by atoms with van der Waals surface area (Å²) in [6, 6.07) is 15.2. The van der Waals surface area contributed by atoms with Crippen molar-refractivity contribution in [1.82, 2.24) is 10.2 Å². The van der Waals surface area contributed by atoms with Gasteiger partial charge in [-0.2, -0.15) is 0 Å². The van der Waals surface area contributed by atoms with Gasteiger partial charge in [0.1, 0.15) is 0 Å². The molecule has 0 spiro atoms. The second-order valence-electron chi connectivity index (χ2n) is 6.92. The van der Waals surface area contributed by atoms with E-state index in [1.165, 1.54) is 10.5 Å². The van der Waals surface area contributed by atoms with Gasteiger partial charge in [-0.15, -0.1) is 0 Å². The number of aryl methyl sites for hydroxylation is 1. The number of benzene rings is 2. The lowest BCUT2D eigenvalue weighted by Gasteiger charge is -2.18. The van der Waals surface area contributed by atoms with Gasteiger partial charge in [-0.3, -0.25) is 19.3 Å². The SMILES string of the molecule is CC[C@H](NC(=O)c1ccc(CN2C(=O)CCC2=O)cc1)c1ccc(C)cc1. The van der Waals surface area contributed by atoms with Crippen LogP contribution in [0.5, 0.6) is 0 Å². The van der Waals surface area contributed by atoms with Gasteiger partial charge in [-0.1, -0.05) is 48.9 Å². The van der Waals surface area contributed by atoms with Crippen molar-refractivity contribution in [3.05, 3.63) is 70.8 Å². The molecule has 0 saturated carbocycles. The Hall–Kier alpha value is -2.95. The number of likely N-dealkylation sites (tertiary alicyclic amines) is 1. The highest BCUT2D eigenvalue weighted by molar-refractivity contribution is 6.01. The summed E-state index contributed by atoms with van der Waals surface area (Å²) in [5, 5.41) is 3.07. The summed E-state index contributed by atoms with van der Waals surface area (Å²) in [5.74, 6) is -0.404. The maximum atomic E-state index is 12.6. The number of amides is 3. The van der Waals surface area contributed by atoms with Crippen molar-refractivity contribution in [3.63, 3.8) is 0 Å². The van der Waals surface area contributed by atoms with Crippen LogP contribution in [0.4, 0.5) is 0 Å². The van der Waals surface area contributed by atoms with Gasteiger partial charge in [-0.05, 0) is 36.6 Å². The first-order valence-electron chi connectivity index (χ1n) is 9.27. The zero-order chi connectivity index (χ0) is 19.4. The molecule has 0 unspecified atom stereocenters. The topological polar surface area (TPSA) is 66.5 Å². The van der Waals surface area contributed by atoms with Crippen molar-refractivity contribution in [3.8, 4) is 0 Å². The molecule has 1 saturated heterocycles. The Morgan fingerprint density at radius 1 is 1.00 bits per heavy atom. The third-order valence-electron chi connectivity index (χ3n) is 4.90. The van der Waals surface area contributed by atoms with Gasteiger partial charge in [-0.25, -0.2) is 0 Å². The molecule has 5 heteroatoms. The molecule has 1 atom stereocenters. The minimum absolute atomic E-state index is 0.0439. The molecule has 3 amide bonds. The van der Waals surface area contributed by atoms with Gasteiger partial charge < -0.3 is 5.32 Å². The van der Waals surface area contributed by atoms with E-state index in [1.54, 1.807) is 24.3 Å². The Bertz CT molecular complexity index is 825. The number of imide groups is 1. The minimum atomic E-state index is -0.137. The summed E-state index contributed by atoms with van der Waals surface area (Å²) in [5.41, 5.74) is 3.66. The molecule has 1 fully saturated rings. The largest absolute Gasteiger partial charge is 0.345 e. The number of hydrogen-bond acceptors (Lipinski definition) is 3. The van der Waals surface area contributed by atoms with E-state index in [0.717, 1.165) is 17.5 Å². The van der Waals surface area contributed by atoms with Crippen LogP contribution in [0.1, 0.15) is 59.3 Å². The lowest BCUT2D eigenvalue weighted by atomic mass is 10.0. The lowest BCUT2D eigenvalue weighted by molar-refractivity contribution is -0.139. The zero-order valence-corrected chi connectivity index (χ0v) is 15.7. The summed E-state index contributed by atoms with van der Waals surface area (Å²) in [6.45, 7) is 4.34. The molecular formula is C22H24N2O3. The maximum absolute atomic E-state index is 12.6. The Morgan fingerprint density at radius 2 is 1.59 bits per heavy atom. The van der Waals surface area contributed by atoms with Gasteiger partial charge in [0.25, 0.3) is 5.91 Å². The number of carbonyl (C=O) groups excluding carboxylic acids is 3. The molecule has 1 aliphatic heterocycles. The third-order valence-corrected chi connectivity index (χ3v) is 4.90. The monoisotopic (exact) mass is 364 g/mol. The molecule has 2 aromatic rings. The fourth-order valence-corrected chi connectivity index (χ4v) is 3.20. The van der Waals surface area contributed by atoms with Crippen molar-refractivity contribution < 1.29 is 14.4 Å². The predicted octanol–water partition coefficient (Wildman–Crippen LogP) is 3.53. The molecule has 0 radical (unpaired) electrons. The normalized spacial score (nSPS) is 15.1. The first-order chi connectivity index (χ1) is 13.0. The second-order valence-corrected chi connectivity index (χ2v) is 6.92. The van der Waals surface area contributed by atoms with Crippen LogP contribution in [0.25, 0.3) is 0 Å². The first-order valence-corrected chi connectivity index (χ1v) is 9.27. The van der Waals surface area contributed by atoms with Crippen LogP contribution in [-0.2, 0) is 16.1 Å². The van der Waals surface area contributed by atoms with Crippen LogP contribution >= 0.6 is 0 Å². The summed E-state index contributed by atoms with van der Waals surface area (Å²) in [4.78, 5) is 37.3. The highest BCUT2D eigenvalue weighted by atomic mass is 16.2. The standard InChI is InChI=1S/C22H24N2O3/c1-3-19(17-8-4-15(2)5-9-17)23-22(27)18-10-6-16(7-11-18)14-24-20(25)12-13-21(24)26/h4-11,19H,3,12-14H2,1-2H3,(H,23,27)/t19-/m0/s1. The molecule has 0 aromatic heterocycles. The van der Waals surface area contributed by atoms with E-state index < -0.39 is 0 Å². The predicted molar refractivity (Wildman–Crippen MR) is 103 cm³/mol. The second kappa shape index (κ2) is 8.16. The van der Waals surface area contributed by atoms with Crippen LogP contribution in [0.3, 0.4) is 0 Å². The third kappa shape index (κ3) is 4.42. The smallest absolute Gasteiger partial charge is 0.251 e. The maximum Gasteiger partial charge on any atom is 0.251 e. The average Bonchev–Trinajstić information content (AvgIpc) is 2.99. The number of nitrogens with one attached hydrogen (secondary N) is 1. The van der Waals surface area contributed by atoms with Crippen molar-refractivity contribution in [2.75, 3.05) is 0 Å². The molecule has 0 bridgehead atoms.